The number of piperazine rings is 1. The number of amides is 3. The fourth-order valence-corrected chi connectivity index (χ4v) is 8.41. The molecule has 252 valence electrons. The van der Waals surface area contributed by atoms with Gasteiger partial charge in [-0.15, -0.1) is 0 Å². The number of anilines is 1. The van der Waals surface area contributed by atoms with Crippen LogP contribution in [0, 0.1) is 11.3 Å². The number of rotatable bonds is 8. The molecular formula is C35H40N6O6S. The Hall–Kier alpha value is -4.64. The zero-order valence-corrected chi connectivity index (χ0v) is 28.2. The molecule has 3 heterocycles. The van der Waals surface area contributed by atoms with Crippen molar-refractivity contribution in [3.63, 3.8) is 0 Å². The van der Waals surface area contributed by atoms with Crippen molar-refractivity contribution >= 4 is 27.6 Å². The van der Waals surface area contributed by atoms with E-state index in [4.69, 9.17) is 9.47 Å². The Kier molecular flexibility index (Phi) is 9.33. The van der Waals surface area contributed by atoms with E-state index in [-0.39, 0.29) is 33.9 Å². The van der Waals surface area contributed by atoms with Gasteiger partial charge in [0.2, 0.25) is 0 Å². The summed E-state index contributed by atoms with van der Waals surface area (Å²) < 4.78 is 40.5. The van der Waals surface area contributed by atoms with Gasteiger partial charge in [0.25, 0.3) is 15.9 Å². The van der Waals surface area contributed by atoms with Gasteiger partial charge in [-0.3, -0.25) is 9.69 Å². The Bertz CT molecular complexity index is 1830. The van der Waals surface area contributed by atoms with Crippen LogP contribution >= 0.6 is 0 Å². The normalized spacial score (nSPS) is 20.7. The van der Waals surface area contributed by atoms with Gasteiger partial charge in [0.15, 0.2) is 5.54 Å². The van der Waals surface area contributed by atoms with Gasteiger partial charge in [0.05, 0.1) is 35.9 Å². The van der Waals surface area contributed by atoms with Crippen LogP contribution in [0.1, 0.15) is 36.5 Å². The molecule has 0 spiro atoms. The minimum absolute atomic E-state index is 0.0357. The smallest absolute Gasteiger partial charge is 0.318 e. The molecule has 2 saturated heterocycles. The number of urea groups is 1. The molecular weight excluding hydrogens is 632 g/mol. The minimum atomic E-state index is -4.50. The number of nitrogens with zero attached hydrogens (tertiary/aromatic N) is 5. The van der Waals surface area contributed by atoms with E-state index in [0.717, 1.165) is 30.2 Å². The summed E-state index contributed by atoms with van der Waals surface area (Å²) in [7, 11) is -0.906. The lowest BCUT2D eigenvalue weighted by Crippen LogP contribution is -2.61. The van der Waals surface area contributed by atoms with Crippen molar-refractivity contribution < 1.29 is 27.5 Å². The van der Waals surface area contributed by atoms with E-state index in [2.05, 4.69) is 28.2 Å². The van der Waals surface area contributed by atoms with Crippen molar-refractivity contribution in [2.24, 2.45) is 0 Å². The van der Waals surface area contributed by atoms with Gasteiger partial charge in [-0.1, -0.05) is 18.2 Å². The van der Waals surface area contributed by atoms with E-state index >= 15 is 4.79 Å². The third kappa shape index (κ3) is 5.85. The number of carbonyl (C=O) groups excluding carboxylic acids is 2. The molecule has 0 aromatic heterocycles. The number of fused-ring (bicyclic) bond motifs is 1. The van der Waals surface area contributed by atoms with Crippen LogP contribution in [0.2, 0.25) is 0 Å². The maximum absolute atomic E-state index is 15.0. The van der Waals surface area contributed by atoms with Crippen molar-refractivity contribution in [3.8, 4) is 17.6 Å². The molecule has 1 atom stereocenters. The van der Waals surface area contributed by atoms with Gasteiger partial charge < -0.3 is 24.6 Å². The number of nitrogens with one attached hydrogen (secondary N) is 1. The summed E-state index contributed by atoms with van der Waals surface area (Å²) in [5, 5.41) is 12.9. The second-order valence-electron chi connectivity index (χ2n) is 12.3. The minimum Gasteiger partial charge on any atom is -0.497 e. The molecule has 48 heavy (non-hydrogen) atoms. The summed E-state index contributed by atoms with van der Waals surface area (Å²) in [6.45, 7) is 6.38. The quantitative estimate of drug-likeness (QED) is 0.382. The Labute approximate surface area is 281 Å². The van der Waals surface area contributed by atoms with Crippen LogP contribution in [0.25, 0.3) is 0 Å². The number of likely N-dealkylation sites (tertiary alicyclic amines) is 1. The van der Waals surface area contributed by atoms with Gasteiger partial charge in [-0.25, -0.2) is 13.2 Å². The number of hydrogen-bond acceptors (Lipinski definition) is 9. The second kappa shape index (κ2) is 13.5. The first-order chi connectivity index (χ1) is 23.1. The first-order valence-electron chi connectivity index (χ1n) is 16.1. The van der Waals surface area contributed by atoms with E-state index < -0.39 is 27.5 Å². The molecule has 2 fully saturated rings. The number of sulfonamides is 1. The van der Waals surface area contributed by atoms with Crippen molar-refractivity contribution in [1.82, 2.24) is 20.0 Å². The molecule has 1 N–H and O–H groups in total. The number of nitriles is 1. The SMILES string of the molecule is CCOc1ccccc1C1(NC(=O)N2CCN(C3CCN(C)CC3)CC2)C(=O)N(S(=O)(=O)c2ccc(OC)cc2)c2ccc(C#N)cc21. The lowest BCUT2D eigenvalue weighted by molar-refractivity contribution is -0.121. The van der Waals surface area contributed by atoms with Crippen LogP contribution in [0.3, 0.4) is 0 Å². The van der Waals surface area contributed by atoms with E-state index in [9.17, 15) is 18.5 Å². The molecule has 0 bridgehead atoms. The Morgan fingerprint density at radius 2 is 1.67 bits per heavy atom. The number of benzene rings is 3. The standard InChI is InChI=1S/C35H40N6O6S/c1-4-47-32-8-6-5-7-29(32)35(37-34(43)40-21-19-39(20-22-40)26-15-17-38(2)18-16-26)30-23-25(24-36)9-14-31(30)41(33(35)42)48(44,45)28-12-10-27(46-3)11-13-28/h5-14,23,26H,4,15-22H2,1-3H3,(H,37,43). The fraction of sp³-hybridized carbons (Fsp3) is 0.400. The van der Waals surface area contributed by atoms with Crippen LogP contribution in [0.4, 0.5) is 10.5 Å². The monoisotopic (exact) mass is 672 g/mol. The van der Waals surface area contributed by atoms with Crippen LogP contribution in [0.5, 0.6) is 11.5 Å². The number of piperidine rings is 1. The number of methoxy groups -OCH3 is 1. The number of para-hydroxylation sites is 1. The fourth-order valence-electron chi connectivity index (χ4n) is 6.95. The zero-order chi connectivity index (χ0) is 34.1. The predicted octanol–water partition coefficient (Wildman–Crippen LogP) is 3.37. The molecule has 3 aromatic rings. The molecule has 1 unspecified atom stereocenters. The average molecular weight is 673 g/mol. The van der Waals surface area contributed by atoms with E-state index in [0.29, 0.717) is 43.7 Å². The molecule has 3 aromatic carbocycles. The summed E-state index contributed by atoms with van der Waals surface area (Å²) in [6.07, 6.45) is 2.15. The van der Waals surface area contributed by atoms with E-state index in [1.165, 1.54) is 49.6 Å². The van der Waals surface area contributed by atoms with Gasteiger partial charge in [0.1, 0.15) is 11.5 Å². The predicted molar refractivity (Wildman–Crippen MR) is 179 cm³/mol. The van der Waals surface area contributed by atoms with Crippen molar-refractivity contribution in [1.29, 1.82) is 5.26 Å². The van der Waals surface area contributed by atoms with E-state index in [1.54, 1.807) is 36.1 Å². The number of ether oxygens (including phenoxy) is 2. The molecule has 0 saturated carbocycles. The topological polar surface area (TPSA) is 136 Å². The molecule has 3 aliphatic rings. The lowest BCUT2D eigenvalue weighted by atomic mass is 9.82. The Morgan fingerprint density at radius 3 is 2.31 bits per heavy atom. The zero-order valence-electron chi connectivity index (χ0n) is 27.4. The molecule has 6 rings (SSSR count). The van der Waals surface area contributed by atoms with Crippen molar-refractivity contribution in [2.75, 3.05) is 64.3 Å². The lowest BCUT2D eigenvalue weighted by Gasteiger charge is -2.43. The highest BCUT2D eigenvalue weighted by atomic mass is 32.2. The maximum atomic E-state index is 15.0. The Morgan fingerprint density at radius 1 is 0.979 bits per heavy atom. The van der Waals surface area contributed by atoms with Crippen LogP contribution in [-0.2, 0) is 20.4 Å². The third-order valence-corrected chi connectivity index (χ3v) is 11.3. The highest BCUT2D eigenvalue weighted by molar-refractivity contribution is 7.93. The first kappa shape index (κ1) is 33.3. The molecule has 3 aliphatic heterocycles. The van der Waals surface area contributed by atoms with Crippen molar-refractivity contribution in [3.05, 3.63) is 83.4 Å². The maximum Gasteiger partial charge on any atom is 0.318 e. The molecule has 0 aliphatic carbocycles. The Balaban J connectivity index is 1.43. The average Bonchev–Trinajstić information content (AvgIpc) is 3.36. The van der Waals surface area contributed by atoms with Crippen molar-refractivity contribution in [2.45, 2.75) is 36.2 Å². The summed E-state index contributed by atoms with van der Waals surface area (Å²) in [5.74, 6) is -0.157. The molecule has 0 radical (unpaired) electrons. The van der Waals surface area contributed by atoms with Gasteiger partial charge in [-0.2, -0.15) is 9.57 Å². The largest absolute Gasteiger partial charge is 0.497 e. The number of hydrogen-bond donors (Lipinski definition) is 1. The van der Waals surface area contributed by atoms with Gasteiger partial charge in [-0.05, 0) is 88.4 Å². The second-order valence-corrected chi connectivity index (χ2v) is 14.0. The summed E-state index contributed by atoms with van der Waals surface area (Å²) in [4.78, 5) is 35.6. The highest BCUT2D eigenvalue weighted by Crippen LogP contribution is 2.49. The van der Waals surface area contributed by atoms with Crippen LogP contribution in [0.15, 0.2) is 71.6 Å². The van der Waals surface area contributed by atoms with Crippen LogP contribution in [-0.4, -0.2) is 101 Å². The molecule has 13 heteroatoms. The third-order valence-electron chi connectivity index (χ3n) is 9.54. The highest BCUT2D eigenvalue weighted by Gasteiger charge is 2.58. The van der Waals surface area contributed by atoms with E-state index in [1.807, 2.05) is 0 Å². The number of carbonyl (C=O) groups is 2. The summed E-state index contributed by atoms with van der Waals surface area (Å²) in [5.41, 5.74) is -1.37. The van der Waals surface area contributed by atoms with Gasteiger partial charge >= 0.3 is 6.03 Å². The first-order valence-corrected chi connectivity index (χ1v) is 17.6. The molecule has 3 amide bonds. The summed E-state index contributed by atoms with van der Waals surface area (Å²) in [6, 6.07) is 18.9. The van der Waals surface area contributed by atoms with Crippen LogP contribution < -0.4 is 19.1 Å². The molecule has 12 nitrogen and oxygen atoms in total. The summed E-state index contributed by atoms with van der Waals surface area (Å²) >= 11 is 0. The van der Waals surface area contributed by atoms with Gasteiger partial charge in [0, 0.05) is 43.3 Å².